The SMILES string of the molecule is NC(C(=O)O)c1c(O)c(Cl)cc2c1OCCO2. The molecule has 0 saturated heterocycles. The Morgan fingerprint density at radius 1 is 1.47 bits per heavy atom. The molecule has 1 unspecified atom stereocenters. The van der Waals surface area contributed by atoms with Crippen molar-refractivity contribution in [2.45, 2.75) is 6.04 Å². The smallest absolute Gasteiger partial charge is 0.325 e. The van der Waals surface area contributed by atoms with Gasteiger partial charge < -0.3 is 25.4 Å². The topological polar surface area (TPSA) is 102 Å². The Morgan fingerprint density at radius 2 is 2.12 bits per heavy atom. The number of carbonyl (C=O) groups is 1. The van der Waals surface area contributed by atoms with Crippen LogP contribution >= 0.6 is 11.6 Å². The first kappa shape index (κ1) is 11.8. The van der Waals surface area contributed by atoms with Gasteiger partial charge in [0, 0.05) is 6.07 Å². The lowest BCUT2D eigenvalue weighted by molar-refractivity contribution is -0.138. The highest BCUT2D eigenvalue weighted by Crippen LogP contribution is 2.45. The summed E-state index contributed by atoms with van der Waals surface area (Å²) in [5.41, 5.74) is 5.41. The first-order valence-electron chi connectivity index (χ1n) is 4.81. The minimum atomic E-state index is -1.43. The summed E-state index contributed by atoms with van der Waals surface area (Å²) >= 11 is 5.77. The number of phenolic OH excluding ortho intramolecular Hbond substituents is 1. The monoisotopic (exact) mass is 259 g/mol. The van der Waals surface area contributed by atoms with Crippen molar-refractivity contribution >= 4 is 17.6 Å². The van der Waals surface area contributed by atoms with Crippen molar-refractivity contribution in [3.8, 4) is 17.2 Å². The molecule has 0 saturated carbocycles. The molecule has 1 atom stereocenters. The van der Waals surface area contributed by atoms with E-state index >= 15 is 0 Å². The lowest BCUT2D eigenvalue weighted by Crippen LogP contribution is -2.24. The molecule has 0 spiro atoms. The molecule has 0 fully saturated rings. The Hall–Kier alpha value is -1.66. The summed E-state index contributed by atoms with van der Waals surface area (Å²) in [6.07, 6.45) is 0. The first-order valence-corrected chi connectivity index (χ1v) is 5.19. The molecule has 1 aliphatic rings. The average molecular weight is 260 g/mol. The van der Waals surface area contributed by atoms with Gasteiger partial charge in [-0.2, -0.15) is 0 Å². The van der Waals surface area contributed by atoms with E-state index in [2.05, 4.69) is 0 Å². The number of hydrogen-bond donors (Lipinski definition) is 3. The van der Waals surface area contributed by atoms with Crippen LogP contribution < -0.4 is 15.2 Å². The number of halogens is 1. The van der Waals surface area contributed by atoms with Gasteiger partial charge in [0.05, 0.1) is 10.6 Å². The number of rotatable bonds is 2. The number of aliphatic carboxylic acids is 1. The van der Waals surface area contributed by atoms with Gasteiger partial charge in [-0.25, -0.2) is 0 Å². The fourth-order valence-corrected chi connectivity index (χ4v) is 1.78. The zero-order chi connectivity index (χ0) is 12.6. The van der Waals surface area contributed by atoms with E-state index in [0.717, 1.165) is 0 Å². The van der Waals surface area contributed by atoms with Crippen LogP contribution in [0.15, 0.2) is 6.07 Å². The molecular weight excluding hydrogens is 250 g/mol. The highest BCUT2D eigenvalue weighted by molar-refractivity contribution is 6.32. The molecule has 1 aliphatic heterocycles. The number of ether oxygens (including phenoxy) is 2. The van der Waals surface area contributed by atoms with Crippen molar-refractivity contribution in [3.63, 3.8) is 0 Å². The Kier molecular flexibility index (Phi) is 2.99. The van der Waals surface area contributed by atoms with E-state index in [0.29, 0.717) is 6.61 Å². The molecule has 1 heterocycles. The molecule has 0 aromatic heterocycles. The second-order valence-electron chi connectivity index (χ2n) is 3.46. The Balaban J connectivity index is 2.62. The van der Waals surface area contributed by atoms with Crippen LogP contribution in [-0.2, 0) is 4.79 Å². The van der Waals surface area contributed by atoms with Gasteiger partial charge in [-0.05, 0) is 0 Å². The highest BCUT2D eigenvalue weighted by atomic mass is 35.5. The van der Waals surface area contributed by atoms with Gasteiger partial charge in [-0.1, -0.05) is 11.6 Å². The van der Waals surface area contributed by atoms with Crippen LogP contribution in [0.3, 0.4) is 0 Å². The molecule has 1 aromatic rings. The van der Waals surface area contributed by atoms with Crippen LogP contribution in [0.2, 0.25) is 5.02 Å². The Labute approximate surface area is 102 Å². The standard InChI is InChI=1S/C10H10ClNO5/c11-4-3-5-9(17-2-1-16-5)6(8(4)13)7(12)10(14)15/h3,7,13H,1-2,12H2,(H,14,15). The molecule has 2 rings (SSSR count). The number of nitrogens with two attached hydrogens (primary N) is 1. The molecule has 6 nitrogen and oxygen atoms in total. The quantitative estimate of drug-likeness (QED) is 0.729. The van der Waals surface area contributed by atoms with Crippen LogP contribution in [0, 0.1) is 0 Å². The third-order valence-electron chi connectivity index (χ3n) is 2.37. The van der Waals surface area contributed by atoms with E-state index in [-0.39, 0.29) is 28.7 Å². The summed E-state index contributed by atoms with van der Waals surface area (Å²) in [7, 11) is 0. The molecule has 1 aromatic carbocycles. The summed E-state index contributed by atoms with van der Waals surface area (Å²) in [4.78, 5) is 10.9. The molecule has 0 bridgehead atoms. The van der Waals surface area contributed by atoms with Crippen LogP contribution in [0.1, 0.15) is 11.6 Å². The van der Waals surface area contributed by atoms with Crippen molar-refractivity contribution in [3.05, 3.63) is 16.7 Å². The average Bonchev–Trinajstić information content (AvgIpc) is 2.30. The van der Waals surface area contributed by atoms with E-state index in [1.54, 1.807) is 0 Å². The lowest BCUT2D eigenvalue weighted by Gasteiger charge is -2.23. The first-order chi connectivity index (χ1) is 8.02. The van der Waals surface area contributed by atoms with Crippen molar-refractivity contribution in [2.75, 3.05) is 13.2 Å². The number of benzene rings is 1. The lowest BCUT2D eigenvalue weighted by atomic mass is 10.0. The maximum Gasteiger partial charge on any atom is 0.325 e. The van der Waals surface area contributed by atoms with Crippen molar-refractivity contribution < 1.29 is 24.5 Å². The molecule has 0 radical (unpaired) electrons. The molecular formula is C10H10ClNO5. The third-order valence-corrected chi connectivity index (χ3v) is 2.66. The maximum absolute atomic E-state index is 10.9. The van der Waals surface area contributed by atoms with Crippen LogP contribution in [0.5, 0.6) is 17.2 Å². The minimum absolute atomic E-state index is 0.0269. The highest BCUT2D eigenvalue weighted by Gasteiger charge is 2.29. The molecule has 92 valence electrons. The van der Waals surface area contributed by atoms with E-state index < -0.39 is 17.8 Å². The molecule has 0 aliphatic carbocycles. The summed E-state index contributed by atoms with van der Waals surface area (Å²) in [5, 5.41) is 18.6. The predicted molar refractivity (Wildman–Crippen MR) is 58.7 cm³/mol. The van der Waals surface area contributed by atoms with Crippen molar-refractivity contribution in [1.82, 2.24) is 0 Å². The van der Waals surface area contributed by atoms with Crippen molar-refractivity contribution in [1.29, 1.82) is 0 Å². The van der Waals surface area contributed by atoms with E-state index in [1.165, 1.54) is 6.07 Å². The van der Waals surface area contributed by atoms with Gasteiger partial charge in [0.2, 0.25) is 0 Å². The van der Waals surface area contributed by atoms with Crippen LogP contribution in [0.4, 0.5) is 0 Å². The molecule has 0 amide bonds. The predicted octanol–water partition coefficient (Wildman–Crippen LogP) is 0.901. The van der Waals surface area contributed by atoms with Crippen LogP contribution in [0.25, 0.3) is 0 Å². The van der Waals surface area contributed by atoms with Gasteiger partial charge in [0.15, 0.2) is 11.5 Å². The number of fused-ring (bicyclic) bond motifs is 1. The molecule has 4 N–H and O–H groups in total. The molecule has 17 heavy (non-hydrogen) atoms. The normalized spacial score (nSPS) is 15.4. The molecule has 7 heteroatoms. The summed E-state index contributed by atoms with van der Waals surface area (Å²) in [6.45, 7) is 0.587. The van der Waals surface area contributed by atoms with Gasteiger partial charge in [0.1, 0.15) is 25.0 Å². The summed E-state index contributed by atoms with van der Waals surface area (Å²) in [5.74, 6) is -1.27. The van der Waals surface area contributed by atoms with Gasteiger partial charge in [0.25, 0.3) is 0 Å². The van der Waals surface area contributed by atoms with E-state index in [4.69, 9.17) is 31.9 Å². The zero-order valence-corrected chi connectivity index (χ0v) is 9.40. The second-order valence-corrected chi connectivity index (χ2v) is 3.87. The number of aromatic hydroxyl groups is 1. The Bertz CT molecular complexity index is 476. The fourth-order valence-electron chi connectivity index (χ4n) is 1.58. The zero-order valence-electron chi connectivity index (χ0n) is 8.64. The largest absolute Gasteiger partial charge is 0.506 e. The summed E-state index contributed by atoms with van der Waals surface area (Å²) < 4.78 is 10.5. The number of carboxylic acids is 1. The van der Waals surface area contributed by atoms with Crippen molar-refractivity contribution in [2.24, 2.45) is 5.73 Å². The fraction of sp³-hybridized carbons (Fsp3) is 0.300. The Morgan fingerprint density at radius 3 is 2.76 bits per heavy atom. The van der Waals surface area contributed by atoms with E-state index in [9.17, 15) is 9.90 Å². The maximum atomic E-state index is 10.9. The third kappa shape index (κ3) is 1.96. The van der Waals surface area contributed by atoms with E-state index in [1.807, 2.05) is 0 Å². The number of hydrogen-bond acceptors (Lipinski definition) is 5. The minimum Gasteiger partial charge on any atom is -0.506 e. The van der Waals surface area contributed by atoms with Gasteiger partial charge in [-0.15, -0.1) is 0 Å². The summed E-state index contributed by atoms with van der Waals surface area (Å²) in [6, 6.07) is -0.0622. The van der Waals surface area contributed by atoms with Crippen LogP contribution in [-0.4, -0.2) is 29.4 Å². The van der Waals surface area contributed by atoms with Gasteiger partial charge in [-0.3, -0.25) is 4.79 Å². The second kappa shape index (κ2) is 4.31. The number of phenols is 1. The van der Waals surface area contributed by atoms with Gasteiger partial charge >= 0.3 is 5.97 Å². The number of carboxylic acid groups (broad SMARTS) is 1.